The number of ether oxygens (including phenoxy) is 1. The summed E-state index contributed by atoms with van der Waals surface area (Å²) in [6.45, 7) is 4.90. The fourth-order valence-electron chi connectivity index (χ4n) is 0.740. The molecule has 0 aliphatic carbocycles. The molecule has 0 aromatic heterocycles. The number of benzene rings is 1. The Morgan fingerprint density at radius 2 is 1.48 bits per heavy atom. The van der Waals surface area contributed by atoms with Crippen LogP contribution in [0.1, 0.15) is 5.56 Å². The van der Waals surface area contributed by atoms with E-state index in [4.69, 9.17) is 35.7 Å². The van der Waals surface area contributed by atoms with Crippen molar-refractivity contribution in [2.45, 2.75) is 6.92 Å². The van der Waals surface area contributed by atoms with Gasteiger partial charge in [0.15, 0.2) is 0 Å². The zero-order valence-electron chi connectivity index (χ0n) is 14.0. The van der Waals surface area contributed by atoms with Crippen molar-refractivity contribution in [1.29, 1.82) is 10.8 Å². The normalized spacial score (nSPS) is 6.88. The minimum atomic E-state index is -0.501. The second-order valence-electron chi connectivity index (χ2n) is 3.40. The number of isocyanates is 2. The molecule has 9 heteroatoms. The van der Waals surface area contributed by atoms with Crippen LogP contribution in [0.25, 0.3) is 0 Å². The first kappa shape index (κ1) is 30.0. The van der Waals surface area contributed by atoms with Crippen LogP contribution in [0.15, 0.2) is 43.0 Å². The SMILES string of the molecule is C=CC(=O)OCCO.Cc1ccccc1.N=C=O.N=C=O.OCCO. The number of aliphatic hydroxyl groups is 3. The van der Waals surface area contributed by atoms with Crippen molar-refractivity contribution in [2.75, 3.05) is 26.4 Å². The highest BCUT2D eigenvalue weighted by Crippen LogP contribution is 1.92. The van der Waals surface area contributed by atoms with Gasteiger partial charge in [-0.3, -0.25) is 0 Å². The summed E-state index contributed by atoms with van der Waals surface area (Å²) in [7, 11) is 0. The van der Waals surface area contributed by atoms with Crippen LogP contribution in [0, 0.1) is 17.7 Å². The van der Waals surface area contributed by atoms with Crippen molar-refractivity contribution in [3.05, 3.63) is 48.6 Å². The number of esters is 1. The number of aryl methyl sites for hydroxylation is 1. The minimum absolute atomic E-state index is 0.0465. The summed E-state index contributed by atoms with van der Waals surface area (Å²) in [6.07, 6.45) is 2.55. The molecule has 1 aromatic rings. The Balaban J connectivity index is -0.000000118. The molecule has 0 unspecified atom stereocenters. The van der Waals surface area contributed by atoms with Crippen molar-refractivity contribution in [2.24, 2.45) is 0 Å². The number of carbonyl (C=O) groups excluding carboxylic acids is 3. The first-order valence-electron chi connectivity index (χ1n) is 6.66. The van der Waals surface area contributed by atoms with E-state index in [1.54, 1.807) is 0 Å². The number of hydrogen-bond acceptors (Lipinski definition) is 9. The van der Waals surface area contributed by atoms with E-state index >= 15 is 0 Å². The first-order valence-corrected chi connectivity index (χ1v) is 6.66. The fraction of sp³-hybridized carbons (Fsp3) is 0.312. The summed E-state index contributed by atoms with van der Waals surface area (Å²) in [4.78, 5) is 26.8. The van der Waals surface area contributed by atoms with Gasteiger partial charge in [0, 0.05) is 6.08 Å². The monoisotopic (exact) mass is 356 g/mol. The molecule has 0 aliphatic heterocycles. The molecule has 140 valence electrons. The van der Waals surface area contributed by atoms with Gasteiger partial charge in [0.1, 0.15) is 6.61 Å². The van der Waals surface area contributed by atoms with Gasteiger partial charge in [-0.25, -0.2) is 25.2 Å². The van der Waals surface area contributed by atoms with Crippen molar-refractivity contribution in [1.82, 2.24) is 0 Å². The van der Waals surface area contributed by atoms with Crippen molar-refractivity contribution >= 4 is 18.1 Å². The third-order valence-corrected chi connectivity index (χ3v) is 1.54. The topological polar surface area (TPSA) is 169 Å². The lowest BCUT2D eigenvalue weighted by molar-refractivity contribution is -0.138. The maximum Gasteiger partial charge on any atom is 0.330 e. The van der Waals surface area contributed by atoms with E-state index in [1.165, 1.54) is 5.56 Å². The van der Waals surface area contributed by atoms with Crippen LogP contribution < -0.4 is 0 Å². The summed E-state index contributed by atoms with van der Waals surface area (Å²) in [5.41, 5.74) is 1.32. The smallest absolute Gasteiger partial charge is 0.330 e. The number of aliphatic hydroxyl groups excluding tert-OH is 3. The maximum absolute atomic E-state index is 10.1. The van der Waals surface area contributed by atoms with Crippen LogP contribution >= 0.6 is 0 Å². The van der Waals surface area contributed by atoms with Crippen LogP contribution in [-0.2, 0) is 19.1 Å². The van der Waals surface area contributed by atoms with Crippen LogP contribution in [0.5, 0.6) is 0 Å². The van der Waals surface area contributed by atoms with Crippen LogP contribution in [0.4, 0.5) is 0 Å². The Morgan fingerprint density at radius 3 is 1.68 bits per heavy atom. The van der Waals surface area contributed by atoms with Gasteiger partial charge in [0.2, 0.25) is 12.2 Å². The number of nitrogens with one attached hydrogen (secondary N) is 2. The molecule has 0 heterocycles. The zero-order chi connectivity index (χ0) is 20.3. The predicted molar refractivity (Wildman–Crippen MR) is 90.4 cm³/mol. The van der Waals surface area contributed by atoms with Gasteiger partial charge in [-0.05, 0) is 6.92 Å². The van der Waals surface area contributed by atoms with Gasteiger partial charge in [-0.15, -0.1) is 0 Å². The molecule has 0 radical (unpaired) electrons. The Kier molecular flexibility index (Phi) is 39.4. The van der Waals surface area contributed by atoms with E-state index in [9.17, 15) is 4.79 Å². The Morgan fingerprint density at radius 1 is 1.08 bits per heavy atom. The highest BCUT2D eigenvalue weighted by atomic mass is 16.5. The summed E-state index contributed by atoms with van der Waals surface area (Å²) in [6, 6.07) is 10.3. The number of carbonyl (C=O) groups is 1. The van der Waals surface area contributed by atoms with Crippen molar-refractivity contribution in [3.8, 4) is 0 Å². The first-order chi connectivity index (χ1) is 11.9. The highest BCUT2D eigenvalue weighted by Gasteiger charge is 1.90. The third kappa shape index (κ3) is 52.6. The average molecular weight is 356 g/mol. The van der Waals surface area contributed by atoms with Gasteiger partial charge in [0.05, 0.1) is 19.8 Å². The van der Waals surface area contributed by atoms with E-state index in [2.05, 4.69) is 30.4 Å². The zero-order valence-corrected chi connectivity index (χ0v) is 14.0. The quantitative estimate of drug-likeness (QED) is 0.226. The second kappa shape index (κ2) is 32.9. The molecule has 0 aliphatic rings. The Hall–Kier alpha value is -2.93. The van der Waals surface area contributed by atoms with Crippen molar-refractivity contribution in [3.63, 3.8) is 0 Å². The molecule has 1 aromatic carbocycles. The second-order valence-corrected chi connectivity index (χ2v) is 3.40. The average Bonchev–Trinajstić information content (AvgIpc) is 2.62. The lowest BCUT2D eigenvalue weighted by Crippen LogP contribution is -2.04. The summed E-state index contributed by atoms with van der Waals surface area (Å²) >= 11 is 0. The molecular formula is C16H24N2O7. The van der Waals surface area contributed by atoms with Crippen LogP contribution in [-0.4, -0.2) is 59.9 Å². The van der Waals surface area contributed by atoms with Gasteiger partial charge >= 0.3 is 5.97 Å². The van der Waals surface area contributed by atoms with E-state index in [-0.39, 0.29) is 26.4 Å². The predicted octanol–water partition coefficient (Wildman–Crippen LogP) is 0.476. The van der Waals surface area contributed by atoms with Gasteiger partial charge < -0.3 is 20.1 Å². The van der Waals surface area contributed by atoms with Gasteiger partial charge in [-0.1, -0.05) is 42.5 Å². The number of hydrogen-bond donors (Lipinski definition) is 5. The molecular weight excluding hydrogens is 332 g/mol. The molecule has 25 heavy (non-hydrogen) atoms. The Bertz CT molecular complexity index is 453. The largest absolute Gasteiger partial charge is 0.460 e. The molecule has 0 fully saturated rings. The van der Waals surface area contributed by atoms with E-state index < -0.39 is 5.97 Å². The highest BCUT2D eigenvalue weighted by molar-refractivity contribution is 5.81. The summed E-state index contributed by atoms with van der Waals surface area (Å²) in [5, 5.41) is 34.2. The van der Waals surface area contributed by atoms with Gasteiger partial charge in [-0.2, -0.15) is 0 Å². The molecule has 9 nitrogen and oxygen atoms in total. The van der Waals surface area contributed by atoms with Crippen molar-refractivity contribution < 1.29 is 34.4 Å². The molecule has 0 bridgehead atoms. The molecule has 0 amide bonds. The Labute approximate surface area is 146 Å². The lowest BCUT2D eigenvalue weighted by atomic mass is 10.2. The molecule has 0 saturated carbocycles. The van der Waals surface area contributed by atoms with E-state index in [0.717, 1.165) is 18.2 Å². The number of rotatable bonds is 4. The van der Waals surface area contributed by atoms with Crippen LogP contribution in [0.2, 0.25) is 0 Å². The van der Waals surface area contributed by atoms with Crippen LogP contribution in [0.3, 0.4) is 0 Å². The molecule has 0 saturated heterocycles. The maximum atomic E-state index is 10.1. The molecule has 1 rings (SSSR count). The van der Waals surface area contributed by atoms with Gasteiger partial charge in [0.25, 0.3) is 0 Å². The fourth-order valence-corrected chi connectivity index (χ4v) is 0.740. The summed E-state index contributed by atoms with van der Waals surface area (Å²) < 4.78 is 4.33. The lowest BCUT2D eigenvalue weighted by Gasteiger charge is -1.94. The standard InChI is InChI=1S/C7H8.C5H8O3.C2H6O2.2CHNO/c1-7-5-3-2-4-6-7;1-2-5(7)8-4-3-6;3-1-2-4;2*2-1-3/h2-6H,1H3;2,6H,1,3-4H2;3-4H,1-2H2;2*2H. The minimum Gasteiger partial charge on any atom is -0.460 e. The van der Waals surface area contributed by atoms with E-state index in [1.807, 2.05) is 18.2 Å². The van der Waals surface area contributed by atoms with E-state index in [0.29, 0.717) is 0 Å². The summed E-state index contributed by atoms with van der Waals surface area (Å²) in [5.74, 6) is -0.501. The third-order valence-electron chi connectivity index (χ3n) is 1.54. The molecule has 5 N–H and O–H groups in total. The molecule has 0 atom stereocenters. The molecule has 0 spiro atoms.